The molecule has 1 aromatic rings. The zero-order chi connectivity index (χ0) is 30.4. The van der Waals surface area contributed by atoms with Crippen molar-refractivity contribution in [3.63, 3.8) is 0 Å². The number of fused-ring (bicyclic) bond motifs is 1. The third-order valence-corrected chi connectivity index (χ3v) is 12.3. The van der Waals surface area contributed by atoms with Gasteiger partial charge in [-0.15, -0.1) is 0 Å². The minimum Gasteiger partial charge on any atom is -0.497 e. The third kappa shape index (κ3) is 6.71. The van der Waals surface area contributed by atoms with Crippen LogP contribution in [0.15, 0.2) is 29.2 Å². The summed E-state index contributed by atoms with van der Waals surface area (Å²) in [4.78, 5) is 13.5. The molecule has 1 aromatic carbocycles. The Labute approximate surface area is 255 Å². The molecule has 240 valence electrons. The van der Waals surface area contributed by atoms with E-state index in [4.69, 9.17) is 18.9 Å². The molecule has 2 N–H and O–H groups in total. The smallest absolute Gasteiger partial charge is 0.407 e. The highest BCUT2D eigenvalue weighted by Crippen LogP contribution is 2.61. The second-order valence-corrected chi connectivity index (χ2v) is 16.2. The van der Waals surface area contributed by atoms with Crippen molar-refractivity contribution in [1.82, 2.24) is 9.62 Å². The van der Waals surface area contributed by atoms with Gasteiger partial charge in [0.2, 0.25) is 10.0 Å². The fourth-order valence-corrected chi connectivity index (χ4v) is 10.7. The number of hydrogen-bond donors (Lipinski definition) is 2. The van der Waals surface area contributed by atoms with Gasteiger partial charge in [-0.3, -0.25) is 0 Å². The van der Waals surface area contributed by atoms with Crippen molar-refractivity contribution in [3.8, 4) is 5.75 Å². The van der Waals surface area contributed by atoms with Gasteiger partial charge in [0.1, 0.15) is 11.9 Å². The van der Waals surface area contributed by atoms with Gasteiger partial charge < -0.3 is 29.4 Å². The van der Waals surface area contributed by atoms with Gasteiger partial charge in [0, 0.05) is 13.1 Å². The molecule has 6 fully saturated rings. The zero-order valence-electron chi connectivity index (χ0n) is 25.7. The van der Waals surface area contributed by atoms with Crippen molar-refractivity contribution in [1.29, 1.82) is 0 Å². The maximum absolute atomic E-state index is 13.8. The molecule has 5 atom stereocenters. The van der Waals surface area contributed by atoms with Crippen LogP contribution >= 0.6 is 0 Å². The maximum Gasteiger partial charge on any atom is 0.407 e. The average molecular weight is 621 g/mol. The highest BCUT2D eigenvalue weighted by Gasteiger charge is 2.52. The van der Waals surface area contributed by atoms with Crippen molar-refractivity contribution in [2.45, 2.75) is 94.6 Å². The Bertz CT molecular complexity index is 1200. The first-order chi connectivity index (χ1) is 20.5. The molecule has 10 nitrogen and oxygen atoms in total. The van der Waals surface area contributed by atoms with Crippen LogP contribution in [-0.4, -0.2) is 81.9 Å². The van der Waals surface area contributed by atoms with Crippen molar-refractivity contribution in [3.05, 3.63) is 24.3 Å². The molecule has 2 aliphatic heterocycles. The molecule has 4 bridgehead atoms. The third-order valence-electron chi connectivity index (χ3n) is 10.5. The van der Waals surface area contributed by atoms with Crippen LogP contribution in [0, 0.1) is 35.0 Å². The number of nitrogens with one attached hydrogen (secondary N) is 1. The van der Waals surface area contributed by atoms with E-state index in [0.29, 0.717) is 36.5 Å². The molecule has 0 aromatic heterocycles. The lowest BCUT2D eigenvalue weighted by Gasteiger charge is -2.58. The first-order valence-electron chi connectivity index (χ1n) is 16.1. The van der Waals surface area contributed by atoms with Crippen molar-refractivity contribution < 1.29 is 37.3 Å². The molecule has 0 unspecified atom stereocenters. The number of aliphatic hydroxyl groups excluding tert-OH is 1. The van der Waals surface area contributed by atoms with E-state index in [-0.39, 0.29) is 48.1 Å². The fraction of sp³-hybridized carbons (Fsp3) is 0.781. The number of nitrogens with zero attached hydrogens (tertiary/aromatic N) is 1. The Morgan fingerprint density at radius 2 is 1.72 bits per heavy atom. The number of hydrogen-bond acceptors (Lipinski definition) is 8. The standard InChI is InChI=1S/C32H48N2O8S/c1-20(2)17-34(43(37,38)25-6-4-24(39-3)5-7-25)18-28(35)27(16-32-13-21-10-22(14-32)12-23(11-21)15-32)33-31(36)42-29-19-41-30-26(29)8-9-40-30/h4-7,20-23,26-30,35H,8-19H2,1-3H3,(H,33,36)/t21?,22?,23?,26-,27+,28-,29-,30+,32?/m1/s1. The van der Waals surface area contributed by atoms with Gasteiger partial charge in [-0.05, 0) is 105 Å². The molecule has 6 aliphatic rings. The number of aliphatic hydroxyl groups is 1. The SMILES string of the molecule is COc1ccc(S(=O)(=O)N(CC(C)C)C[C@@H](O)[C@H](CC23CC4CC(CC(C4)C2)C3)NC(=O)O[C@@H]2CO[C@@H]3OCC[C@@H]32)cc1. The molecule has 4 saturated carbocycles. The van der Waals surface area contributed by atoms with Crippen molar-refractivity contribution >= 4 is 16.1 Å². The molecule has 4 aliphatic carbocycles. The topological polar surface area (TPSA) is 124 Å². The van der Waals surface area contributed by atoms with Gasteiger partial charge in [-0.2, -0.15) is 4.31 Å². The Morgan fingerprint density at radius 3 is 2.33 bits per heavy atom. The number of sulfonamides is 1. The number of carbonyl (C=O) groups excluding carboxylic acids is 1. The number of alkyl carbamates (subject to hydrolysis) is 1. The molecule has 43 heavy (non-hydrogen) atoms. The molecule has 2 saturated heterocycles. The second-order valence-electron chi connectivity index (χ2n) is 14.3. The van der Waals surface area contributed by atoms with E-state index in [9.17, 15) is 18.3 Å². The van der Waals surface area contributed by atoms with E-state index in [1.54, 1.807) is 12.1 Å². The second kappa shape index (κ2) is 12.5. The number of carbonyl (C=O) groups is 1. The van der Waals surface area contributed by atoms with Crippen LogP contribution in [0.25, 0.3) is 0 Å². The molecule has 2 heterocycles. The van der Waals surface area contributed by atoms with Crippen LogP contribution in [0.2, 0.25) is 0 Å². The molecule has 0 radical (unpaired) electrons. The zero-order valence-corrected chi connectivity index (χ0v) is 26.5. The Morgan fingerprint density at radius 1 is 1.07 bits per heavy atom. The first kappa shape index (κ1) is 31.1. The summed E-state index contributed by atoms with van der Waals surface area (Å²) in [5.74, 6) is 2.73. The van der Waals surface area contributed by atoms with Crippen molar-refractivity contribution in [2.75, 3.05) is 33.4 Å². The Balaban J connectivity index is 1.21. The minimum atomic E-state index is -3.92. The lowest BCUT2D eigenvalue weighted by Crippen LogP contribution is -2.55. The quantitative estimate of drug-likeness (QED) is 0.357. The first-order valence-corrected chi connectivity index (χ1v) is 17.5. The average Bonchev–Trinajstić information content (AvgIpc) is 3.56. The Kier molecular flexibility index (Phi) is 9.01. The molecule has 7 rings (SSSR count). The highest BCUT2D eigenvalue weighted by atomic mass is 32.2. The monoisotopic (exact) mass is 620 g/mol. The molecule has 1 amide bonds. The van der Waals surface area contributed by atoms with Crippen LogP contribution in [0.4, 0.5) is 4.79 Å². The summed E-state index contributed by atoms with van der Waals surface area (Å²) >= 11 is 0. The summed E-state index contributed by atoms with van der Waals surface area (Å²) in [6.45, 7) is 4.88. The van der Waals surface area contributed by atoms with E-state index in [1.807, 2.05) is 13.8 Å². The van der Waals surface area contributed by atoms with Gasteiger partial charge in [0.15, 0.2) is 6.29 Å². The number of methoxy groups -OCH3 is 1. The highest BCUT2D eigenvalue weighted by molar-refractivity contribution is 7.89. The molecular weight excluding hydrogens is 572 g/mol. The van der Waals surface area contributed by atoms with Crippen LogP contribution in [0.5, 0.6) is 5.75 Å². The van der Waals surface area contributed by atoms with Gasteiger partial charge in [0.25, 0.3) is 0 Å². The summed E-state index contributed by atoms with van der Waals surface area (Å²) in [5.41, 5.74) is 0.0479. The predicted molar refractivity (Wildman–Crippen MR) is 159 cm³/mol. The molecule has 11 heteroatoms. The van der Waals surface area contributed by atoms with Crippen molar-refractivity contribution in [2.24, 2.45) is 35.0 Å². The lowest BCUT2D eigenvalue weighted by atomic mass is 9.48. The van der Waals surface area contributed by atoms with E-state index in [0.717, 1.165) is 25.7 Å². The summed E-state index contributed by atoms with van der Waals surface area (Å²) in [6, 6.07) is 5.65. The van der Waals surface area contributed by atoms with Gasteiger partial charge in [0.05, 0.1) is 43.3 Å². The van der Waals surface area contributed by atoms with Gasteiger partial charge in [-0.25, -0.2) is 13.2 Å². The summed E-state index contributed by atoms with van der Waals surface area (Å²) in [6.07, 6.45) is 6.12. The van der Waals surface area contributed by atoms with Crippen LogP contribution in [0.3, 0.4) is 0 Å². The number of rotatable bonds is 12. The van der Waals surface area contributed by atoms with E-state index >= 15 is 0 Å². The fourth-order valence-electron chi connectivity index (χ4n) is 9.07. The lowest BCUT2D eigenvalue weighted by molar-refractivity contribution is -0.0907. The van der Waals surface area contributed by atoms with Crippen LogP contribution in [0.1, 0.15) is 65.2 Å². The number of ether oxygens (including phenoxy) is 4. The Hall–Kier alpha value is -1.92. The molecule has 0 spiro atoms. The maximum atomic E-state index is 13.8. The predicted octanol–water partition coefficient (Wildman–Crippen LogP) is 4.17. The normalized spacial score (nSPS) is 34.4. The van der Waals surface area contributed by atoms with E-state index in [2.05, 4.69) is 5.32 Å². The minimum absolute atomic E-state index is 0.00782. The van der Waals surface area contributed by atoms with E-state index < -0.39 is 34.4 Å². The summed E-state index contributed by atoms with van der Waals surface area (Å²) in [5, 5.41) is 14.8. The van der Waals surface area contributed by atoms with Crippen LogP contribution in [-0.2, 0) is 24.2 Å². The number of benzene rings is 1. The number of amides is 1. The van der Waals surface area contributed by atoms with E-state index in [1.165, 1.54) is 42.8 Å². The van der Waals surface area contributed by atoms with Crippen LogP contribution < -0.4 is 10.1 Å². The van der Waals surface area contributed by atoms with Gasteiger partial charge >= 0.3 is 6.09 Å². The van der Waals surface area contributed by atoms with Gasteiger partial charge in [-0.1, -0.05) is 13.8 Å². The molecular formula is C32H48N2O8S. The summed E-state index contributed by atoms with van der Waals surface area (Å²) < 4.78 is 51.3. The largest absolute Gasteiger partial charge is 0.497 e. The summed E-state index contributed by atoms with van der Waals surface area (Å²) in [7, 11) is -2.38.